The van der Waals surface area contributed by atoms with E-state index in [-0.39, 0.29) is 11.9 Å². The van der Waals surface area contributed by atoms with Crippen molar-refractivity contribution >= 4 is 11.7 Å². The summed E-state index contributed by atoms with van der Waals surface area (Å²) < 4.78 is 6.68. The molecule has 0 radical (unpaired) electrons. The van der Waals surface area contributed by atoms with Crippen molar-refractivity contribution in [1.82, 2.24) is 24.9 Å². The molecule has 2 atom stereocenters. The van der Waals surface area contributed by atoms with E-state index in [9.17, 15) is 9.90 Å². The van der Waals surface area contributed by atoms with Gasteiger partial charge in [-0.15, -0.1) is 5.10 Å². The Bertz CT molecular complexity index is 856. The molecular weight excluding hydrogens is 310 g/mol. The van der Waals surface area contributed by atoms with E-state index in [1.165, 1.54) is 10.8 Å². The van der Waals surface area contributed by atoms with Crippen LogP contribution < -0.4 is 5.32 Å². The Labute approximate surface area is 138 Å². The molecular formula is C16H19N5O3. The van der Waals surface area contributed by atoms with Crippen molar-refractivity contribution in [3.63, 3.8) is 0 Å². The van der Waals surface area contributed by atoms with Crippen molar-refractivity contribution in [2.24, 2.45) is 0 Å². The van der Waals surface area contributed by atoms with Crippen molar-refractivity contribution in [2.45, 2.75) is 39.3 Å². The van der Waals surface area contributed by atoms with Gasteiger partial charge in [-0.2, -0.15) is 4.98 Å². The van der Waals surface area contributed by atoms with Gasteiger partial charge in [-0.3, -0.25) is 4.79 Å². The minimum absolute atomic E-state index is 0.0514. The van der Waals surface area contributed by atoms with Gasteiger partial charge in [0.1, 0.15) is 11.9 Å². The summed E-state index contributed by atoms with van der Waals surface area (Å²) in [6.45, 7) is 5.54. The zero-order valence-electron chi connectivity index (χ0n) is 13.7. The summed E-state index contributed by atoms with van der Waals surface area (Å²) >= 11 is 0. The van der Waals surface area contributed by atoms with Gasteiger partial charge in [0, 0.05) is 23.9 Å². The Kier molecular flexibility index (Phi) is 4.30. The van der Waals surface area contributed by atoms with Gasteiger partial charge in [0.2, 0.25) is 5.82 Å². The van der Waals surface area contributed by atoms with Crippen LogP contribution in [0.1, 0.15) is 47.2 Å². The number of aliphatic hydroxyl groups excluding tert-OH is 1. The zero-order chi connectivity index (χ0) is 17.3. The number of aliphatic hydroxyl groups is 1. The van der Waals surface area contributed by atoms with E-state index in [4.69, 9.17) is 4.42 Å². The van der Waals surface area contributed by atoms with Crippen molar-refractivity contribution < 1.29 is 14.3 Å². The molecule has 0 spiro atoms. The molecule has 24 heavy (non-hydrogen) atoms. The van der Waals surface area contributed by atoms with Crippen LogP contribution in [0.15, 0.2) is 28.9 Å². The third kappa shape index (κ3) is 3.28. The van der Waals surface area contributed by atoms with E-state index in [0.717, 1.165) is 11.4 Å². The van der Waals surface area contributed by atoms with E-state index in [1.54, 1.807) is 19.1 Å². The fourth-order valence-electron chi connectivity index (χ4n) is 2.54. The average Bonchev–Trinajstić information content (AvgIpc) is 3.16. The van der Waals surface area contributed by atoms with Gasteiger partial charge in [-0.1, -0.05) is 0 Å². The number of aromatic nitrogens is 4. The smallest absolute Gasteiger partial charge is 0.291 e. The van der Waals surface area contributed by atoms with Gasteiger partial charge in [0.25, 0.3) is 11.7 Å². The minimum Gasteiger partial charge on any atom is -0.467 e. The zero-order valence-corrected chi connectivity index (χ0v) is 13.7. The third-order valence-corrected chi connectivity index (χ3v) is 3.65. The average molecular weight is 329 g/mol. The number of amides is 1. The predicted molar refractivity (Wildman–Crippen MR) is 85.5 cm³/mol. The van der Waals surface area contributed by atoms with Gasteiger partial charge >= 0.3 is 0 Å². The van der Waals surface area contributed by atoms with Crippen molar-refractivity contribution in [2.75, 3.05) is 0 Å². The predicted octanol–water partition coefficient (Wildman–Crippen LogP) is 1.58. The first-order valence-corrected chi connectivity index (χ1v) is 7.67. The molecule has 0 aliphatic carbocycles. The molecule has 3 aromatic heterocycles. The summed E-state index contributed by atoms with van der Waals surface area (Å²) in [6, 6.07) is 4.99. The van der Waals surface area contributed by atoms with Crippen LogP contribution in [0.3, 0.4) is 0 Å². The van der Waals surface area contributed by atoms with Crippen LogP contribution >= 0.6 is 0 Å². The maximum Gasteiger partial charge on any atom is 0.291 e. The summed E-state index contributed by atoms with van der Waals surface area (Å²) in [5.41, 5.74) is 1.67. The Morgan fingerprint density at radius 1 is 1.42 bits per heavy atom. The lowest BCUT2D eigenvalue weighted by Gasteiger charge is -2.15. The molecule has 0 saturated carbocycles. The minimum atomic E-state index is -0.782. The lowest BCUT2D eigenvalue weighted by molar-refractivity contribution is 0.0893. The first-order valence-electron chi connectivity index (χ1n) is 7.67. The van der Waals surface area contributed by atoms with Gasteiger partial charge in [-0.25, -0.2) is 9.50 Å². The Morgan fingerprint density at radius 3 is 2.92 bits per heavy atom. The monoisotopic (exact) mass is 329 g/mol. The van der Waals surface area contributed by atoms with Crippen LogP contribution in [0.5, 0.6) is 0 Å². The van der Waals surface area contributed by atoms with Crippen molar-refractivity contribution in [3.05, 3.63) is 47.4 Å². The Balaban J connectivity index is 1.69. The van der Waals surface area contributed by atoms with Crippen LogP contribution in [-0.4, -0.2) is 36.6 Å². The largest absolute Gasteiger partial charge is 0.467 e. The summed E-state index contributed by atoms with van der Waals surface area (Å²) in [7, 11) is 0. The molecule has 0 saturated heterocycles. The number of carbonyl (C=O) groups excluding carboxylic acids is 1. The highest BCUT2D eigenvalue weighted by molar-refractivity contribution is 5.91. The van der Waals surface area contributed by atoms with Crippen LogP contribution in [-0.2, 0) is 0 Å². The molecule has 1 amide bonds. The normalized spacial score (nSPS) is 13.8. The maximum absolute atomic E-state index is 12.3. The number of carbonyl (C=O) groups is 1. The summed E-state index contributed by atoms with van der Waals surface area (Å²) in [6.07, 6.45) is 1.04. The lowest BCUT2D eigenvalue weighted by Crippen LogP contribution is -2.34. The lowest BCUT2D eigenvalue weighted by atomic mass is 10.1. The fraction of sp³-hybridized carbons (Fsp3) is 0.375. The molecule has 3 aromatic rings. The van der Waals surface area contributed by atoms with E-state index < -0.39 is 12.0 Å². The SMILES string of the molecule is Cc1cc(C)n2nc(C(=O)NC(C)CC(O)c3ccco3)nc2n1. The van der Waals surface area contributed by atoms with Crippen molar-refractivity contribution in [1.29, 1.82) is 0 Å². The Morgan fingerprint density at radius 2 is 2.21 bits per heavy atom. The highest BCUT2D eigenvalue weighted by atomic mass is 16.4. The van der Waals surface area contributed by atoms with Gasteiger partial charge in [0.05, 0.1) is 6.26 Å². The highest BCUT2D eigenvalue weighted by Crippen LogP contribution is 2.18. The van der Waals surface area contributed by atoms with Gasteiger partial charge in [0.15, 0.2) is 0 Å². The Hall–Kier alpha value is -2.74. The van der Waals surface area contributed by atoms with Crippen LogP contribution in [0, 0.1) is 13.8 Å². The molecule has 8 nitrogen and oxygen atoms in total. The number of nitrogens with zero attached hydrogens (tertiary/aromatic N) is 4. The molecule has 0 fully saturated rings. The number of rotatable bonds is 5. The second-order valence-corrected chi connectivity index (χ2v) is 5.83. The molecule has 0 aromatic carbocycles. The number of aryl methyl sites for hydroxylation is 2. The topological polar surface area (TPSA) is 106 Å². The quantitative estimate of drug-likeness (QED) is 0.736. The molecule has 2 N–H and O–H groups in total. The third-order valence-electron chi connectivity index (χ3n) is 3.65. The summed E-state index contributed by atoms with van der Waals surface area (Å²) in [5.74, 6) is 0.505. The van der Waals surface area contributed by atoms with Crippen LogP contribution in [0.2, 0.25) is 0 Å². The van der Waals surface area contributed by atoms with E-state index in [0.29, 0.717) is 18.0 Å². The molecule has 0 aliphatic rings. The highest BCUT2D eigenvalue weighted by Gasteiger charge is 2.20. The standard InChI is InChI=1S/C16H19N5O3/c1-9-7-11(3)21-16(18-9)19-14(20-21)15(23)17-10(2)8-12(22)13-5-4-6-24-13/h4-7,10,12,22H,8H2,1-3H3,(H,17,23). The van der Waals surface area contributed by atoms with Crippen molar-refractivity contribution in [3.8, 4) is 0 Å². The molecule has 8 heteroatoms. The molecule has 0 aliphatic heterocycles. The number of furan rings is 1. The first-order chi connectivity index (χ1) is 11.4. The summed E-state index contributed by atoms with van der Waals surface area (Å²) in [5, 5.41) is 17.0. The fourth-order valence-corrected chi connectivity index (χ4v) is 2.54. The van der Waals surface area contributed by atoms with Gasteiger partial charge in [-0.05, 0) is 39.0 Å². The maximum atomic E-state index is 12.3. The molecule has 3 heterocycles. The van der Waals surface area contributed by atoms with Crippen LogP contribution in [0.4, 0.5) is 0 Å². The second kappa shape index (κ2) is 6.40. The summed E-state index contributed by atoms with van der Waals surface area (Å²) in [4.78, 5) is 20.7. The number of hydrogen-bond acceptors (Lipinski definition) is 6. The molecule has 126 valence electrons. The second-order valence-electron chi connectivity index (χ2n) is 5.83. The van der Waals surface area contributed by atoms with E-state index >= 15 is 0 Å². The number of hydrogen-bond donors (Lipinski definition) is 2. The van der Waals surface area contributed by atoms with Gasteiger partial charge < -0.3 is 14.8 Å². The molecule has 2 unspecified atom stereocenters. The number of fused-ring (bicyclic) bond motifs is 1. The molecule has 3 rings (SSSR count). The first kappa shape index (κ1) is 16.1. The number of nitrogens with one attached hydrogen (secondary N) is 1. The van der Waals surface area contributed by atoms with E-state index in [2.05, 4.69) is 20.4 Å². The van der Waals surface area contributed by atoms with E-state index in [1.807, 2.05) is 19.9 Å². The van der Waals surface area contributed by atoms with Crippen LogP contribution in [0.25, 0.3) is 5.78 Å². The molecule has 0 bridgehead atoms.